The summed E-state index contributed by atoms with van der Waals surface area (Å²) >= 11 is 0. The first-order chi connectivity index (χ1) is 16.3. The molecule has 34 heavy (non-hydrogen) atoms. The molecule has 1 heterocycles. The first-order valence-corrected chi connectivity index (χ1v) is 11.1. The average Bonchev–Trinajstić information content (AvgIpc) is 2.82. The van der Waals surface area contributed by atoms with Crippen LogP contribution in [0.4, 0.5) is 11.6 Å². The molecule has 3 aromatic rings. The predicted molar refractivity (Wildman–Crippen MR) is 133 cm³/mol. The van der Waals surface area contributed by atoms with Crippen LogP contribution in [0.5, 0.6) is 0 Å². The third-order valence-electron chi connectivity index (χ3n) is 4.71. The lowest BCUT2D eigenvalue weighted by molar-refractivity contribution is 0.0684. The zero-order valence-corrected chi connectivity index (χ0v) is 19.6. The third-order valence-corrected chi connectivity index (χ3v) is 4.71. The maximum absolute atomic E-state index is 10.8. The van der Waals surface area contributed by atoms with Crippen LogP contribution >= 0.6 is 0 Å². The van der Waals surface area contributed by atoms with Gasteiger partial charge in [0.25, 0.3) is 0 Å². The molecule has 6 N–H and O–H groups in total. The average molecular weight is 468 g/mol. The van der Waals surface area contributed by atoms with Crippen molar-refractivity contribution >= 4 is 23.6 Å². The summed E-state index contributed by atoms with van der Waals surface area (Å²) in [6, 6.07) is 15.8. The quantitative estimate of drug-likeness (QED) is 0.373. The number of hydrogen-bond acceptors (Lipinski definition) is 7. The first-order valence-electron chi connectivity index (χ1n) is 11.1. The van der Waals surface area contributed by atoms with Crippen LogP contribution in [0.3, 0.4) is 0 Å². The zero-order valence-electron chi connectivity index (χ0n) is 19.6. The SMILES string of the molecule is CCCCc1ccccc1C(=O)O.CCCCc1ccccc1C(=O)O.Nc1cc(N)nnn1. The van der Waals surface area contributed by atoms with E-state index in [-0.39, 0.29) is 11.6 Å². The number of nitrogen functional groups attached to an aromatic ring is 2. The van der Waals surface area contributed by atoms with Gasteiger partial charge in [-0.1, -0.05) is 63.1 Å². The van der Waals surface area contributed by atoms with E-state index in [1.807, 2.05) is 24.3 Å². The number of nitrogens with two attached hydrogens (primary N) is 2. The number of carboxylic acids is 2. The summed E-state index contributed by atoms with van der Waals surface area (Å²) in [6.07, 6.45) is 5.99. The van der Waals surface area contributed by atoms with E-state index in [9.17, 15) is 9.59 Å². The molecular formula is C25H33N5O4. The fourth-order valence-electron chi connectivity index (χ4n) is 2.96. The van der Waals surface area contributed by atoms with Crippen LogP contribution < -0.4 is 11.5 Å². The molecule has 0 aliphatic carbocycles. The first kappa shape index (κ1) is 28.0. The number of aromatic nitrogens is 3. The van der Waals surface area contributed by atoms with Crippen LogP contribution in [0.1, 0.15) is 71.4 Å². The minimum Gasteiger partial charge on any atom is -0.478 e. The smallest absolute Gasteiger partial charge is 0.335 e. The Kier molecular flexibility index (Phi) is 13.0. The van der Waals surface area contributed by atoms with Crippen LogP contribution in [0.2, 0.25) is 0 Å². The summed E-state index contributed by atoms with van der Waals surface area (Å²) in [5.41, 5.74) is 13.1. The van der Waals surface area contributed by atoms with E-state index >= 15 is 0 Å². The van der Waals surface area contributed by atoms with Gasteiger partial charge < -0.3 is 21.7 Å². The highest BCUT2D eigenvalue weighted by Gasteiger charge is 2.08. The highest BCUT2D eigenvalue weighted by molar-refractivity contribution is 5.89. The molecule has 2 aromatic carbocycles. The summed E-state index contributed by atoms with van der Waals surface area (Å²) in [5, 5.41) is 27.7. The number of carboxylic acid groups (broad SMARTS) is 2. The molecule has 3 rings (SSSR count). The molecule has 0 unspecified atom stereocenters. The second-order valence-corrected chi connectivity index (χ2v) is 7.42. The molecule has 0 aliphatic heterocycles. The van der Waals surface area contributed by atoms with Gasteiger partial charge in [-0.05, 0) is 54.2 Å². The normalized spacial score (nSPS) is 9.71. The third kappa shape index (κ3) is 10.5. The van der Waals surface area contributed by atoms with E-state index in [4.69, 9.17) is 21.7 Å². The summed E-state index contributed by atoms with van der Waals surface area (Å²) in [4.78, 5) is 21.6. The number of benzene rings is 2. The van der Waals surface area contributed by atoms with Gasteiger partial charge >= 0.3 is 11.9 Å². The lowest BCUT2D eigenvalue weighted by atomic mass is 10.0. The molecule has 0 saturated heterocycles. The highest BCUT2D eigenvalue weighted by Crippen LogP contribution is 2.12. The molecule has 0 bridgehead atoms. The van der Waals surface area contributed by atoms with Crippen molar-refractivity contribution in [2.24, 2.45) is 0 Å². The van der Waals surface area contributed by atoms with Crippen LogP contribution in [-0.4, -0.2) is 37.6 Å². The lowest BCUT2D eigenvalue weighted by Gasteiger charge is -2.03. The van der Waals surface area contributed by atoms with Crippen molar-refractivity contribution in [3.05, 3.63) is 76.9 Å². The van der Waals surface area contributed by atoms with Gasteiger partial charge in [0.1, 0.15) is 0 Å². The topological polar surface area (TPSA) is 165 Å². The zero-order chi connectivity index (χ0) is 25.3. The second-order valence-electron chi connectivity index (χ2n) is 7.42. The van der Waals surface area contributed by atoms with Crippen molar-refractivity contribution in [3.8, 4) is 0 Å². The van der Waals surface area contributed by atoms with Crippen molar-refractivity contribution < 1.29 is 19.8 Å². The van der Waals surface area contributed by atoms with Crippen LogP contribution in [-0.2, 0) is 12.8 Å². The van der Waals surface area contributed by atoms with Gasteiger partial charge in [0.05, 0.1) is 11.1 Å². The summed E-state index contributed by atoms with van der Waals surface area (Å²) in [5.74, 6) is -1.08. The van der Waals surface area contributed by atoms with Gasteiger partial charge in [-0.25, -0.2) is 9.59 Å². The molecular weight excluding hydrogens is 434 g/mol. The summed E-state index contributed by atoms with van der Waals surface area (Å²) in [7, 11) is 0. The molecule has 0 radical (unpaired) electrons. The van der Waals surface area contributed by atoms with Gasteiger partial charge in [0, 0.05) is 6.07 Å². The van der Waals surface area contributed by atoms with Gasteiger partial charge in [-0.2, -0.15) is 0 Å². The molecule has 9 heteroatoms. The molecule has 0 saturated carbocycles. The molecule has 182 valence electrons. The van der Waals surface area contributed by atoms with Crippen LogP contribution in [0.25, 0.3) is 0 Å². The number of unbranched alkanes of at least 4 members (excludes halogenated alkanes) is 2. The minimum atomic E-state index is -0.827. The van der Waals surface area contributed by atoms with E-state index in [0.717, 1.165) is 49.7 Å². The Bertz CT molecular complexity index is 964. The molecule has 1 aromatic heterocycles. The molecule has 0 atom stereocenters. The van der Waals surface area contributed by atoms with Crippen LogP contribution in [0, 0.1) is 0 Å². The number of anilines is 2. The summed E-state index contributed by atoms with van der Waals surface area (Å²) < 4.78 is 0. The molecule has 0 amide bonds. The van der Waals surface area contributed by atoms with Gasteiger partial charge in [0.2, 0.25) is 0 Å². The lowest BCUT2D eigenvalue weighted by Crippen LogP contribution is -2.01. The van der Waals surface area contributed by atoms with Crippen LogP contribution in [0.15, 0.2) is 54.6 Å². The largest absolute Gasteiger partial charge is 0.478 e. The monoisotopic (exact) mass is 467 g/mol. The number of rotatable bonds is 8. The number of nitrogens with zero attached hydrogens (tertiary/aromatic N) is 3. The van der Waals surface area contributed by atoms with Crippen molar-refractivity contribution in [1.29, 1.82) is 0 Å². The standard InChI is InChI=1S/2C11H14O2.C3H5N5/c2*1-2-3-6-9-7-4-5-8-10(9)11(12)13;4-2-1-3(5)7-8-6-2/h2*4-5,7-8H,2-3,6H2,1H3,(H,12,13);1H,(H4,4,5,6,7). The fourth-order valence-corrected chi connectivity index (χ4v) is 2.96. The van der Waals surface area contributed by atoms with Gasteiger partial charge in [0.15, 0.2) is 11.6 Å². The van der Waals surface area contributed by atoms with Gasteiger partial charge in [-0.3, -0.25) is 0 Å². The Morgan fingerprint density at radius 2 is 1.12 bits per heavy atom. The van der Waals surface area contributed by atoms with Crippen molar-refractivity contribution in [2.75, 3.05) is 11.5 Å². The van der Waals surface area contributed by atoms with Gasteiger partial charge in [-0.15, -0.1) is 10.2 Å². The Hall–Kier alpha value is -4.01. The molecule has 9 nitrogen and oxygen atoms in total. The minimum absolute atomic E-state index is 0.289. The van der Waals surface area contributed by atoms with E-state index in [2.05, 4.69) is 29.3 Å². The Labute approximate surface area is 199 Å². The van der Waals surface area contributed by atoms with E-state index in [1.165, 1.54) is 6.07 Å². The van der Waals surface area contributed by atoms with E-state index in [1.54, 1.807) is 24.3 Å². The van der Waals surface area contributed by atoms with Crippen molar-refractivity contribution in [1.82, 2.24) is 15.4 Å². The van der Waals surface area contributed by atoms with Crippen molar-refractivity contribution in [3.63, 3.8) is 0 Å². The predicted octanol–water partition coefficient (Wildman–Crippen LogP) is 4.49. The van der Waals surface area contributed by atoms with Crippen molar-refractivity contribution in [2.45, 2.75) is 52.4 Å². The molecule has 0 spiro atoms. The summed E-state index contributed by atoms with van der Waals surface area (Å²) in [6.45, 7) is 4.20. The number of aromatic carboxylic acids is 2. The Morgan fingerprint density at radius 1 is 0.735 bits per heavy atom. The maximum atomic E-state index is 10.8. The Balaban J connectivity index is 0.000000263. The number of aryl methyl sites for hydroxylation is 2. The Morgan fingerprint density at radius 3 is 1.41 bits per heavy atom. The maximum Gasteiger partial charge on any atom is 0.335 e. The second kappa shape index (κ2) is 15.7. The number of hydrogen-bond donors (Lipinski definition) is 4. The molecule has 0 fully saturated rings. The van der Waals surface area contributed by atoms with E-state index in [0.29, 0.717) is 11.1 Å². The highest BCUT2D eigenvalue weighted by atomic mass is 16.4. The fraction of sp³-hybridized carbons (Fsp3) is 0.320. The number of carbonyl (C=O) groups is 2. The molecule has 0 aliphatic rings. The van der Waals surface area contributed by atoms with E-state index < -0.39 is 11.9 Å².